The van der Waals surface area contributed by atoms with Gasteiger partial charge in [-0.25, -0.2) is 0 Å². The normalized spacial score (nSPS) is 16.0. The molecule has 0 spiro atoms. The van der Waals surface area contributed by atoms with Gasteiger partial charge in [-0.15, -0.1) is 0 Å². The van der Waals surface area contributed by atoms with Crippen LogP contribution in [-0.4, -0.2) is 22.4 Å². The highest BCUT2D eigenvalue weighted by Crippen LogP contribution is 2.09. The SMILES string of the molecule is C=C(C)C(O)CC(O)CCC. The van der Waals surface area contributed by atoms with Crippen molar-refractivity contribution in [1.29, 1.82) is 0 Å². The summed E-state index contributed by atoms with van der Waals surface area (Å²) >= 11 is 0. The van der Waals surface area contributed by atoms with E-state index in [1.54, 1.807) is 6.92 Å². The molecule has 0 heterocycles. The molecule has 0 aromatic carbocycles. The lowest BCUT2D eigenvalue weighted by atomic mass is 10.0. The highest BCUT2D eigenvalue weighted by molar-refractivity contribution is 4.97. The summed E-state index contributed by atoms with van der Waals surface area (Å²) in [4.78, 5) is 0. The minimum absolute atomic E-state index is 0.383. The lowest BCUT2D eigenvalue weighted by Gasteiger charge is -2.14. The van der Waals surface area contributed by atoms with Gasteiger partial charge < -0.3 is 10.2 Å². The first-order valence-corrected chi connectivity index (χ1v) is 4.09. The Kier molecular flexibility index (Phi) is 5.16. The number of hydrogen-bond acceptors (Lipinski definition) is 2. The Balaban J connectivity index is 3.56. The minimum Gasteiger partial charge on any atom is -0.393 e. The van der Waals surface area contributed by atoms with Crippen LogP contribution < -0.4 is 0 Å². The molecular weight excluding hydrogens is 140 g/mol. The molecule has 0 aliphatic rings. The number of rotatable bonds is 5. The Morgan fingerprint density at radius 1 is 1.45 bits per heavy atom. The van der Waals surface area contributed by atoms with E-state index in [1.807, 2.05) is 6.92 Å². The van der Waals surface area contributed by atoms with Crippen LogP contribution in [0.4, 0.5) is 0 Å². The van der Waals surface area contributed by atoms with E-state index in [9.17, 15) is 10.2 Å². The average Bonchev–Trinajstić information content (AvgIpc) is 1.87. The average molecular weight is 158 g/mol. The summed E-state index contributed by atoms with van der Waals surface area (Å²) in [6.07, 6.45) is 1.20. The molecule has 2 N–H and O–H groups in total. The first-order chi connectivity index (χ1) is 5.07. The third-order valence-electron chi connectivity index (χ3n) is 1.69. The van der Waals surface area contributed by atoms with Gasteiger partial charge in [0, 0.05) is 6.42 Å². The molecule has 0 radical (unpaired) electrons. The Morgan fingerprint density at radius 2 is 2.00 bits per heavy atom. The van der Waals surface area contributed by atoms with E-state index in [2.05, 4.69) is 6.58 Å². The molecule has 0 aromatic heterocycles. The third kappa shape index (κ3) is 4.99. The fraction of sp³-hybridized carbons (Fsp3) is 0.778. The summed E-state index contributed by atoms with van der Waals surface area (Å²) in [7, 11) is 0. The lowest BCUT2D eigenvalue weighted by molar-refractivity contribution is 0.0925. The topological polar surface area (TPSA) is 40.5 Å². The van der Waals surface area contributed by atoms with E-state index in [-0.39, 0.29) is 6.10 Å². The van der Waals surface area contributed by atoms with Crippen molar-refractivity contribution in [2.75, 3.05) is 0 Å². The highest BCUT2D eigenvalue weighted by atomic mass is 16.3. The van der Waals surface area contributed by atoms with Crippen LogP contribution in [0, 0.1) is 0 Å². The van der Waals surface area contributed by atoms with Crippen molar-refractivity contribution in [2.45, 2.75) is 45.3 Å². The molecular formula is C9H18O2. The minimum atomic E-state index is -0.545. The van der Waals surface area contributed by atoms with Crippen LogP contribution in [0.5, 0.6) is 0 Å². The summed E-state index contributed by atoms with van der Waals surface area (Å²) in [5.41, 5.74) is 0.722. The van der Waals surface area contributed by atoms with Crippen LogP contribution in [0.2, 0.25) is 0 Å². The third-order valence-corrected chi connectivity index (χ3v) is 1.69. The first kappa shape index (κ1) is 10.7. The second-order valence-electron chi connectivity index (χ2n) is 3.04. The van der Waals surface area contributed by atoms with E-state index in [4.69, 9.17) is 0 Å². The van der Waals surface area contributed by atoms with Crippen molar-refractivity contribution in [3.05, 3.63) is 12.2 Å². The van der Waals surface area contributed by atoms with E-state index >= 15 is 0 Å². The number of hydrogen-bond donors (Lipinski definition) is 2. The maximum atomic E-state index is 9.27. The molecule has 0 aromatic rings. The van der Waals surface area contributed by atoms with E-state index in [1.165, 1.54) is 0 Å². The van der Waals surface area contributed by atoms with Crippen LogP contribution in [0.3, 0.4) is 0 Å². The zero-order valence-corrected chi connectivity index (χ0v) is 7.38. The van der Waals surface area contributed by atoms with Gasteiger partial charge in [-0.3, -0.25) is 0 Å². The van der Waals surface area contributed by atoms with Crippen molar-refractivity contribution in [3.8, 4) is 0 Å². The fourth-order valence-electron chi connectivity index (χ4n) is 0.910. The molecule has 2 atom stereocenters. The van der Waals surface area contributed by atoms with Gasteiger partial charge in [0.2, 0.25) is 0 Å². The quantitative estimate of drug-likeness (QED) is 0.595. The smallest absolute Gasteiger partial charge is 0.0769 e. The molecule has 0 saturated carbocycles. The van der Waals surface area contributed by atoms with Gasteiger partial charge in [0.15, 0.2) is 0 Å². The van der Waals surface area contributed by atoms with Crippen molar-refractivity contribution in [1.82, 2.24) is 0 Å². The molecule has 2 unspecified atom stereocenters. The number of aliphatic hydroxyl groups is 2. The van der Waals surface area contributed by atoms with Gasteiger partial charge in [-0.2, -0.15) is 0 Å². The molecule has 0 amide bonds. The standard InChI is InChI=1S/C9H18O2/c1-4-5-8(10)6-9(11)7(2)3/h8-11H,2,4-6H2,1,3H3. The zero-order chi connectivity index (χ0) is 8.85. The van der Waals surface area contributed by atoms with Gasteiger partial charge in [0.05, 0.1) is 12.2 Å². The molecule has 0 bridgehead atoms. The molecule has 66 valence electrons. The largest absolute Gasteiger partial charge is 0.393 e. The van der Waals surface area contributed by atoms with Crippen LogP contribution in [0.25, 0.3) is 0 Å². The van der Waals surface area contributed by atoms with Crippen LogP contribution in [0.1, 0.15) is 33.1 Å². The van der Waals surface area contributed by atoms with Crippen LogP contribution in [0.15, 0.2) is 12.2 Å². The highest BCUT2D eigenvalue weighted by Gasteiger charge is 2.10. The predicted octanol–water partition coefficient (Wildman–Crippen LogP) is 1.47. The molecule has 2 heteroatoms. The summed E-state index contributed by atoms with van der Waals surface area (Å²) in [5.74, 6) is 0. The first-order valence-electron chi connectivity index (χ1n) is 4.09. The monoisotopic (exact) mass is 158 g/mol. The Labute approximate surface area is 68.6 Å². The van der Waals surface area contributed by atoms with Crippen LogP contribution >= 0.6 is 0 Å². The van der Waals surface area contributed by atoms with Crippen molar-refractivity contribution >= 4 is 0 Å². The Hall–Kier alpha value is -0.340. The van der Waals surface area contributed by atoms with Crippen molar-refractivity contribution in [2.24, 2.45) is 0 Å². The van der Waals surface area contributed by atoms with Gasteiger partial charge in [-0.05, 0) is 13.3 Å². The summed E-state index contributed by atoms with van der Waals surface area (Å²) in [6.45, 7) is 7.38. The molecule has 2 nitrogen and oxygen atoms in total. The molecule has 0 rings (SSSR count). The summed E-state index contributed by atoms with van der Waals surface area (Å²) in [5, 5.41) is 18.5. The zero-order valence-electron chi connectivity index (χ0n) is 7.38. The van der Waals surface area contributed by atoms with Crippen molar-refractivity contribution in [3.63, 3.8) is 0 Å². The second kappa shape index (κ2) is 5.33. The van der Waals surface area contributed by atoms with Gasteiger partial charge in [-0.1, -0.05) is 25.5 Å². The van der Waals surface area contributed by atoms with Gasteiger partial charge >= 0.3 is 0 Å². The number of aliphatic hydroxyl groups excluding tert-OH is 2. The maximum Gasteiger partial charge on any atom is 0.0769 e. The molecule has 0 fully saturated rings. The predicted molar refractivity (Wildman–Crippen MR) is 46.4 cm³/mol. The Morgan fingerprint density at radius 3 is 2.36 bits per heavy atom. The molecule has 0 saturated heterocycles. The summed E-state index contributed by atoms with van der Waals surface area (Å²) in [6, 6.07) is 0. The van der Waals surface area contributed by atoms with E-state index in [0.29, 0.717) is 6.42 Å². The van der Waals surface area contributed by atoms with E-state index < -0.39 is 6.10 Å². The fourth-order valence-corrected chi connectivity index (χ4v) is 0.910. The summed E-state index contributed by atoms with van der Waals surface area (Å²) < 4.78 is 0. The maximum absolute atomic E-state index is 9.27. The van der Waals surface area contributed by atoms with E-state index in [0.717, 1.165) is 18.4 Å². The molecule has 0 aliphatic carbocycles. The van der Waals surface area contributed by atoms with Crippen molar-refractivity contribution < 1.29 is 10.2 Å². The molecule has 0 aliphatic heterocycles. The molecule has 11 heavy (non-hydrogen) atoms. The van der Waals surface area contributed by atoms with Gasteiger partial charge in [0.25, 0.3) is 0 Å². The van der Waals surface area contributed by atoms with Crippen LogP contribution in [-0.2, 0) is 0 Å². The second-order valence-corrected chi connectivity index (χ2v) is 3.04. The lowest BCUT2D eigenvalue weighted by Crippen LogP contribution is -2.17. The van der Waals surface area contributed by atoms with Gasteiger partial charge in [0.1, 0.15) is 0 Å². The Bertz CT molecular complexity index is 121.